The lowest BCUT2D eigenvalue weighted by atomic mass is 10.3. The number of allylic oxidation sites excluding steroid dienone is 2. The van der Waals surface area contributed by atoms with Gasteiger partial charge in [0.2, 0.25) is 0 Å². The summed E-state index contributed by atoms with van der Waals surface area (Å²) in [5.41, 5.74) is 2.41. The van der Waals surface area contributed by atoms with Crippen molar-refractivity contribution in [2.24, 2.45) is 9.98 Å². The molecule has 0 aromatic carbocycles. The van der Waals surface area contributed by atoms with Gasteiger partial charge in [0.05, 0.1) is 11.4 Å². The van der Waals surface area contributed by atoms with Crippen LogP contribution in [-0.2, 0) is 0 Å². The number of aliphatic imine (C=N–C) groups is 2. The lowest BCUT2D eigenvalue weighted by molar-refractivity contribution is 1.36. The van der Waals surface area contributed by atoms with Crippen molar-refractivity contribution in [2.75, 3.05) is 7.05 Å². The minimum absolute atomic E-state index is 0.699. The van der Waals surface area contributed by atoms with Crippen molar-refractivity contribution in [3.05, 3.63) is 24.9 Å². The predicted molar refractivity (Wildman–Crippen MR) is 51.5 cm³/mol. The Labute approximate surface area is 68.1 Å². The summed E-state index contributed by atoms with van der Waals surface area (Å²) in [4.78, 5) is 8.09. The fourth-order valence-corrected chi connectivity index (χ4v) is 0.468. The van der Waals surface area contributed by atoms with Gasteiger partial charge in [0.25, 0.3) is 0 Å². The Morgan fingerprint density at radius 1 is 1.36 bits per heavy atom. The molecule has 0 rings (SSSR count). The lowest BCUT2D eigenvalue weighted by Gasteiger charge is -1.97. The number of rotatable bonds is 3. The van der Waals surface area contributed by atoms with E-state index in [-0.39, 0.29) is 0 Å². The van der Waals surface area contributed by atoms with Crippen LogP contribution in [0.4, 0.5) is 0 Å². The third-order valence-corrected chi connectivity index (χ3v) is 1.36. The lowest BCUT2D eigenvalue weighted by Crippen LogP contribution is -1.95. The third kappa shape index (κ3) is 3.50. The molecule has 0 aliphatic rings. The third-order valence-electron chi connectivity index (χ3n) is 1.36. The molecule has 0 aromatic rings. The van der Waals surface area contributed by atoms with Crippen LogP contribution in [0, 0.1) is 0 Å². The van der Waals surface area contributed by atoms with Crippen molar-refractivity contribution >= 4 is 11.4 Å². The van der Waals surface area contributed by atoms with Crippen molar-refractivity contribution in [2.45, 2.75) is 13.8 Å². The van der Waals surface area contributed by atoms with Crippen LogP contribution in [0.3, 0.4) is 0 Å². The van der Waals surface area contributed by atoms with Crippen molar-refractivity contribution in [1.29, 1.82) is 0 Å². The number of hydrogen-bond donors (Lipinski definition) is 0. The van der Waals surface area contributed by atoms with E-state index in [0.29, 0.717) is 5.70 Å². The Morgan fingerprint density at radius 3 is 2.27 bits per heavy atom. The highest BCUT2D eigenvalue weighted by Crippen LogP contribution is 1.97. The van der Waals surface area contributed by atoms with Crippen LogP contribution >= 0.6 is 0 Å². The first kappa shape index (κ1) is 9.82. The number of nitrogens with zero attached hydrogens (tertiary/aromatic N) is 2. The molecule has 0 amide bonds. The highest BCUT2D eigenvalue weighted by Gasteiger charge is 1.93. The average Bonchev–Trinajstić information content (AvgIpc) is 2.02. The van der Waals surface area contributed by atoms with E-state index in [1.165, 1.54) is 0 Å². The van der Waals surface area contributed by atoms with Gasteiger partial charge in [0, 0.05) is 12.8 Å². The highest BCUT2D eigenvalue weighted by atomic mass is 14.8. The van der Waals surface area contributed by atoms with Crippen LogP contribution in [0.2, 0.25) is 0 Å². The topological polar surface area (TPSA) is 24.7 Å². The summed E-state index contributed by atoms with van der Waals surface area (Å²) in [7, 11) is 1.72. The van der Waals surface area contributed by atoms with Crippen LogP contribution in [0.1, 0.15) is 13.8 Å². The molecule has 60 valence electrons. The minimum Gasteiger partial charge on any atom is -0.291 e. The van der Waals surface area contributed by atoms with E-state index in [1.54, 1.807) is 13.1 Å². The zero-order valence-corrected chi connectivity index (χ0v) is 7.39. The van der Waals surface area contributed by atoms with Gasteiger partial charge < -0.3 is 0 Å². The van der Waals surface area contributed by atoms with Gasteiger partial charge in [-0.2, -0.15) is 0 Å². The molecular formula is C9H14N2. The van der Waals surface area contributed by atoms with Crippen LogP contribution < -0.4 is 0 Å². The second-order valence-corrected chi connectivity index (χ2v) is 2.21. The highest BCUT2D eigenvalue weighted by molar-refractivity contribution is 6.02. The Bertz CT molecular complexity index is 222. The van der Waals surface area contributed by atoms with E-state index in [2.05, 4.69) is 23.1 Å². The maximum Gasteiger partial charge on any atom is 0.0768 e. The van der Waals surface area contributed by atoms with E-state index in [1.807, 2.05) is 13.8 Å². The molecule has 0 aliphatic heterocycles. The Kier molecular flexibility index (Phi) is 4.11. The summed E-state index contributed by atoms with van der Waals surface area (Å²) in [6.07, 6.45) is 1.69. The largest absolute Gasteiger partial charge is 0.291 e. The van der Waals surface area contributed by atoms with E-state index >= 15 is 0 Å². The maximum atomic E-state index is 4.14. The normalized spacial score (nSPS) is 13.0. The fourth-order valence-electron chi connectivity index (χ4n) is 0.468. The van der Waals surface area contributed by atoms with E-state index in [0.717, 1.165) is 11.4 Å². The van der Waals surface area contributed by atoms with Crippen LogP contribution in [0.5, 0.6) is 0 Å². The molecule has 0 fully saturated rings. The molecular weight excluding hydrogens is 136 g/mol. The molecule has 0 unspecified atom stereocenters. The van der Waals surface area contributed by atoms with Crippen molar-refractivity contribution < 1.29 is 0 Å². The zero-order chi connectivity index (χ0) is 8.85. The molecule has 0 saturated carbocycles. The maximum absolute atomic E-state index is 4.14. The van der Waals surface area contributed by atoms with Gasteiger partial charge in [0.1, 0.15) is 0 Å². The Morgan fingerprint density at radius 2 is 1.91 bits per heavy atom. The second-order valence-electron chi connectivity index (χ2n) is 2.21. The van der Waals surface area contributed by atoms with Gasteiger partial charge in [-0.25, -0.2) is 0 Å². The molecule has 0 N–H and O–H groups in total. The molecule has 2 nitrogen and oxygen atoms in total. The second kappa shape index (κ2) is 4.61. The molecule has 0 aromatic heterocycles. The van der Waals surface area contributed by atoms with E-state index in [4.69, 9.17) is 0 Å². The summed E-state index contributed by atoms with van der Waals surface area (Å²) in [6, 6.07) is 0. The van der Waals surface area contributed by atoms with Gasteiger partial charge in [-0.1, -0.05) is 13.2 Å². The quantitative estimate of drug-likeness (QED) is 0.551. The molecule has 2 heteroatoms. The molecule has 0 bridgehead atoms. The van der Waals surface area contributed by atoms with E-state index < -0.39 is 0 Å². The minimum atomic E-state index is 0.699. The molecule has 0 atom stereocenters. The van der Waals surface area contributed by atoms with Crippen LogP contribution in [0.25, 0.3) is 0 Å². The van der Waals surface area contributed by atoms with Gasteiger partial charge >= 0.3 is 0 Å². The standard InChI is InChI=1S/C9H14N2/c1-6-7(2)11-9(4)8(3)10-5/h6H,1,4H2,2-3,5H3. The summed E-state index contributed by atoms with van der Waals surface area (Å²) >= 11 is 0. The first-order valence-electron chi connectivity index (χ1n) is 3.42. The van der Waals surface area contributed by atoms with Crippen LogP contribution in [0.15, 0.2) is 34.9 Å². The first-order valence-corrected chi connectivity index (χ1v) is 3.42. The van der Waals surface area contributed by atoms with Gasteiger partial charge in [-0.15, -0.1) is 0 Å². The van der Waals surface area contributed by atoms with E-state index in [9.17, 15) is 0 Å². The fraction of sp³-hybridized carbons (Fsp3) is 0.333. The molecule has 0 aliphatic carbocycles. The molecule has 0 heterocycles. The molecule has 0 saturated heterocycles. The van der Waals surface area contributed by atoms with Crippen molar-refractivity contribution in [3.8, 4) is 0 Å². The molecule has 0 spiro atoms. The van der Waals surface area contributed by atoms with Crippen molar-refractivity contribution in [1.82, 2.24) is 0 Å². The number of hydrogen-bond acceptors (Lipinski definition) is 2. The summed E-state index contributed by atoms with van der Waals surface area (Å²) in [6.45, 7) is 11.1. The monoisotopic (exact) mass is 150 g/mol. The van der Waals surface area contributed by atoms with Gasteiger partial charge in [0.15, 0.2) is 0 Å². The Hall–Kier alpha value is -1.18. The average molecular weight is 150 g/mol. The molecule has 0 radical (unpaired) electrons. The van der Waals surface area contributed by atoms with Gasteiger partial charge in [-0.3, -0.25) is 9.98 Å². The van der Waals surface area contributed by atoms with Crippen LogP contribution in [-0.4, -0.2) is 18.5 Å². The first-order chi connectivity index (χ1) is 5.11. The summed E-state index contributed by atoms with van der Waals surface area (Å²) in [5, 5.41) is 0. The molecule has 11 heavy (non-hydrogen) atoms. The zero-order valence-electron chi connectivity index (χ0n) is 7.39. The van der Waals surface area contributed by atoms with Gasteiger partial charge in [-0.05, 0) is 19.9 Å². The summed E-state index contributed by atoms with van der Waals surface area (Å²) < 4.78 is 0. The summed E-state index contributed by atoms with van der Waals surface area (Å²) in [5.74, 6) is 0. The smallest absolute Gasteiger partial charge is 0.0768 e. The Balaban J connectivity index is 4.41. The SMILES string of the molecule is C=CC(C)=NC(=C)C(C)=NC. The predicted octanol–water partition coefficient (Wildman–Crippen LogP) is 2.24. The van der Waals surface area contributed by atoms with Crippen molar-refractivity contribution in [3.63, 3.8) is 0 Å².